The van der Waals surface area contributed by atoms with Crippen molar-refractivity contribution in [2.24, 2.45) is 0 Å². The van der Waals surface area contributed by atoms with E-state index in [1.54, 1.807) is 13.2 Å². The molecule has 1 aliphatic heterocycles. The van der Waals surface area contributed by atoms with E-state index in [1.807, 2.05) is 91.0 Å². The van der Waals surface area contributed by atoms with Gasteiger partial charge < -0.3 is 10.1 Å². The van der Waals surface area contributed by atoms with E-state index in [0.29, 0.717) is 29.9 Å². The molecule has 0 atom stereocenters. The third kappa shape index (κ3) is 3.92. The molecule has 5 nitrogen and oxygen atoms in total. The molecular formula is C29H24N2O3. The van der Waals surface area contributed by atoms with E-state index in [9.17, 15) is 9.59 Å². The van der Waals surface area contributed by atoms with Gasteiger partial charge in [0.15, 0.2) is 0 Å². The van der Waals surface area contributed by atoms with Crippen LogP contribution < -0.4 is 10.1 Å². The number of nitrogens with one attached hydrogen (secondary N) is 1. The molecule has 1 aliphatic rings. The summed E-state index contributed by atoms with van der Waals surface area (Å²) in [6, 6.07) is 30.9. The highest BCUT2D eigenvalue weighted by Crippen LogP contribution is 2.36. The molecule has 5 heteroatoms. The lowest BCUT2D eigenvalue weighted by Crippen LogP contribution is -2.34. The van der Waals surface area contributed by atoms with E-state index in [1.165, 1.54) is 4.90 Å². The van der Waals surface area contributed by atoms with Gasteiger partial charge in [-0.1, -0.05) is 84.9 Å². The van der Waals surface area contributed by atoms with Crippen LogP contribution in [0.1, 0.15) is 11.1 Å². The number of carbonyl (C=O) groups is 2. The van der Waals surface area contributed by atoms with E-state index in [2.05, 4.69) is 5.32 Å². The largest absolute Gasteiger partial charge is 0.496 e. The SMILES string of the molecule is COc1ccccc1C1=C(Nc2cccc3ccccc23)C(=O)N(CCc2ccccc2)C1=O. The summed E-state index contributed by atoms with van der Waals surface area (Å²) in [5.41, 5.74) is 3.01. The number of imide groups is 1. The first-order valence-electron chi connectivity index (χ1n) is 11.2. The molecule has 0 unspecified atom stereocenters. The molecule has 4 aromatic rings. The van der Waals surface area contributed by atoms with Crippen LogP contribution in [0.5, 0.6) is 5.75 Å². The van der Waals surface area contributed by atoms with Gasteiger partial charge in [0.2, 0.25) is 0 Å². The van der Waals surface area contributed by atoms with E-state index < -0.39 is 0 Å². The number of amides is 2. The van der Waals surface area contributed by atoms with Gasteiger partial charge in [-0.3, -0.25) is 14.5 Å². The maximum Gasteiger partial charge on any atom is 0.278 e. The van der Waals surface area contributed by atoms with Crippen molar-refractivity contribution in [3.63, 3.8) is 0 Å². The highest BCUT2D eigenvalue weighted by atomic mass is 16.5. The van der Waals surface area contributed by atoms with Crippen molar-refractivity contribution in [3.05, 3.63) is 114 Å². The van der Waals surface area contributed by atoms with Crippen LogP contribution in [0, 0.1) is 0 Å². The average molecular weight is 449 g/mol. The molecule has 1 N–H and O–H groups in total. The van der Waals surface area contributed by atoms with E-state index in [4.69, 9.17) is 4.74 Å². The molecule has 0 fully saturated rings. The van der Waals surface area contributed by atoms with E-state index in [0.717, 1.165) is 22.0 Å². The fraction of sp³-hybridized carbons (Fsp3) is 0.103. The molecule has 0 aliphatic carbocycles. The molecule has 0 saturated heterocycles. The van der Waals surface area contributed by atoms with Crippen molar-refractivity contribution in [2.45, 2.75) is 6.42 Å². The topological polar surface area (TPSA) is 58.6 Å². The normalized spacial score (nSPS) is 13.6. The van der Waals surface area contributed by atoms with Gasteiger partial charge in [-0.2, -0.15) is 0 Å². The Kier molecular flexibility index (Phi) is 5.83. The number of fused-ring (bicyclic) bond motifs is 1. The summed E-state index contributed by atoms with van der Waals surface area (Å²) in [6.45, 7) is 0.293. The second kappa shape index (κ2) is 9.24. The van der Waals surface area contributed by atoms with E-state index in [-0.39, 0.29) is 17.5 Å². The molecule has 0 saturated carbocycles. The Hall–Kier alpha value is -4.38. The van der Waals surface area contributed by atoms with Gasteiger partial charge in [0.25, 0.3) is 11.8 Å². The summed E-state index contributed by atoms with van der Waals surface area (Å²) in [6.07, 6.45) is 0.582. The van der Waals surface area contributed by atoms with Crippen molar-refractivity contribution >= 4 is 33.8 Å². The lowest BCUT2D eigenvalue weighted by Gasteiger charge is -2.16. The lowest BCUT2D eigenvalue weighted by atomic mass is 10.0. The number of carbonyl (C=O) groups excluding carboxylic acids is 2. The van der Waals surface area contributed by atoms with Crippen LogP contribution >= 0.6 is 0 Å². The Balaban J connectivity index is 1.57. The molecule has 168 valence electrons. The van der Waals surface area contributed by atoms with E-state index >= 15 is 0 Å². The van der Waals surface area contributed by atoms with Crippen LogP contribution in [-0.4, -0.2) is 30.4 Å². The summed E-state index contributed by atoms with van der Waals surface area (Å²) >= 11 is 0. The summed E-state index contributed by atoms with van der Waals surface area (Å²) in [4.78, 5) is 28.5. The van der Waals surface area contributed by atoms with Gasteiger partial charge >= 0.3 is 0 Å². The van der Waals surface area contributed by atoms with Gasteiger partial charge in [0.1, 0.15) is 11.4 Å². The molecule has 4 aromatic carbocycles. The third-order valence-electron chi connectivity index (χ3n) is 6.06. The Labute approximate surface area is 198 Å². The monoisotopic (exact) mass is 448 g/mol. The van der Waals surface area contributed by atoms with Crippen molar-refractivity contribution in [1.82, 2.24) is 4.90 Å². The number of anilines is 1. The zero-order valence-electron chi connectivity index (χ0n) is 18.8. The van der Waals surface area contributed by atoms with Crippen LogP contribution in [-0.2, 0) is 16.0 Å². The number of ether oxygens (including phenoxy) is 1. The van der Waals surface area contributed by atoms with Gasteiger partial charge in [0.05, 0.1) is 12.7 Å². The fourth-order valence-electron chi connectivity index (χ4n) is 4.35. The summed E-state index contributed by atoms with van der Waals surface area (Å²) in [5, 5.41) is 5.32. The molecule has 0 spiro atoms. The van der Waals surface area contributed by atoms with Crippen LogP contribution in [0.3, 0.4) is 0 Å². The number of benzene rings is 4. The van der Waals surface area contributed by atoms with Gasteiger partial charge in [-0.25, -0.2) is 0 Å². The minimum atomic E-state index is -0.338. The molecule has 5 rings (SSSR count). The van der Waals surface area contributed by atoms with Gasteiger partial charge in [-0.05, 0) is 29.5 Å². The lowest BCUT2D eigenvalue weighted by molar-refractivity contribution is -0.136. The first-order valence-corrected chi connectivity index (χ1v) is 11.2. The predicted molar refractivity (Wildman–Crippen MR) is 134 cm³/mol. The zero-order chi connectivity index (χ0) is 23.5. The average Bonchev–Trinajstić information content (AvgIpc) is 3.12. The van der Waals surface area contributed by atoms with Crippen molar-refractivity contribution < 1.29 is 14.3 Å². The maximum absolute atomic E-state index is 13.6. The number of nitrogens with zero attached hydrogens (tertiary/aromatic N) is 1. The molecule has 2 amide bonds. The fourth-order valence-corrected chi connectivity index (χ4v) is 4.35. The predicted octanol–water partition coefficient (Wildman–Crippen LogP) is 5.28. The number of rotatable bonds is 7. The molecule has 0 aromatic heterocycles. The smallest absolute Gasteiger partial charge is 0.278 e. The minimum absolute atomic E-state index is 0.263. The Bertz CT molecular complexity index is 1400. The zero-order valence-corrected chi connectivity index (χ0v) is 18.8. The number of methoxy groups -OCH3 is 1. The second-order valence-corrected chi connectivity index (χ2v) is 8.10. The highest BCUT2D eigenvalue weighted by Gasteiger charge is 2.40. The first kappa shape index (κ1) is 21.5. The van der Waals surface area contributed by atoms with Gasteiger partial charge in [-0.15, -0.1) is 0 Å². The maximum atomic E-state index is 13.6. The van der Waals surface area contributed by atoms with Crippen molar-refractivity contribution in [1.29, 1.82) is 0 Å². The highest BCUT2D eigenvalue weighted by molar-refractivity contribution is 6.37. The quantitative estimate of drug-likeness (QED) is 0.391. The summed E-state index contributed by atoms with van der Waals surface area (Å²) in [7, 11) is 1.56. The van der Waals surface area contributed by atoms with Crippen LogP contribution in [0.4, 0.5) is 5.69 Å². The Morgan fingerprint density at radius 2 is 1.47 bits per heavy atom. The third-order valence-corrected chi connectivity index (χ3v) is 6.06. The van der Waals surface area contributed by atoms with Crippen LogP contribution in [0.2, 0.25) is 0 Å². The Morgan fingerprint density at radius 3 is 2.29 bits per heavy atom. The number of hydrogen-bond donors (Lipinski definition) is 1. The first-order chi connectivity index (χ1) is 16.7. The second-order valence-electron chi connectivity index (χ2n) is 8.10. The van der Waals surface area contributed by atoms with Crippen molar-refractivity contribution in [2.75, 3.05) is 19.0 Å². The molecular weight excluding hydrogens is 424 g/mol. The molecule has 0 radical (unpaired) electrons. The summed E-state index contributed by atoms with van der Waals surface area (Å²) < 4.78 is 5.53. The number of hydrogen-bond acceptors (Lipinski definition) is 4. The van der Waals surface area contributed by atoms with Crippen LogP contribution in [0.15, 0.2) is 103 Å². The number of para-hydroxylation sites is 1. The standard InChI is InChI=1S/C29H24N2O3/c1-34-25-17-8-7-15-23(25)26-27(30-24-16-9-13-21-12-5-6-14-22(21)24)29(33)31(28(26)32)19-18-20-10-3-2-4-11-20/h2-17,30H,18-19H2,1H3. The van der Waals surface area contributed by atoms with Crippen molar-refractivity contribution in [3.8, 4) is 5.75 Å². The molecule has 1 heterocycles. The van der Waals surface area contributed by atoms with Crippen LogP contribution in [0.25, 0.3) is 16.3 Å². The Morgan fingerprint density at radius 1 is 0.765 bits per heavy atom. The molecule has 0 bridgehead atoms. The summed E-state index contributed by atoms with van der Waals surface area (Å²) in [5.74, 6) is -0.122. The molecule has 34 heavy (non-hydrogen) atoms. The van der Waals surface area contributed by atoms with Gasteiger partial charge in [0, 0.05) is 23.2 Å². The minimum Gasteiger partial charge on any atom is -0.496 e.